The summed E-state index contributed by atoms with van der Waals surface area (Å²) in [7, 11) is 0. The molecule has 0 atom stereocenters. The molecule has 6 rings (SSSR count). The number of fused-ring (bicyclic) bond motifs is 4. The topological polar surface area (TPSA) is 43.9 Å². The van der Waals surface area contributed by atoms with Crippen LogP contribution in [0, 0.1) is 0 Å². The number of rotatable bonds is 4. The standard InChI is InChI=1S/C30H27N3O/c1-18(2)20-11-9-12-21(19(3)4)28(20)33-25-14-7-6-13-24(25)32-30(33)23-16-17-31-27-22-10-5-8-15-26(22)34-29(23)27/h5-19H,1-4H3. The summed E-state index contributed by atoms with van der Waals surface area (Å²) in [5.41, 5.74) is 9.33. The molecule has 0 saturated heterocycles. The van der Waals surface area contributed by atoms with Crippen molar-refractivity contribution in [1.82, 2.24) is 14.5 Å². The fourth-order valence-electron chi connectivity index (χ4n) is 4.98. The Morgan fingerprint density at radius 1 is 0.765 bits per heavy atom. The molecule has 0 radical (unpaired) electrons. The zero-order valence-electron chi connectivity index (χ0n) is 19.9. The van der Waals surface area contributed by atoms with E-state index in [2.05, 4.69) is 79.7 Å². The van der Waals surface area contributed by atoms with E-state index in [0.29, 0.717) is 11.8 Å². The Balaban J connectivity index is 1.77. The fourth-order valence-corrected chi connectivity index (χ4v) is 4.98. The molecule has 0 spiro atoms. The van der Waals surface area contributed by atoms with Gasteiger partial charge in [-0.15, -0.1) is 0 Å². The molecule has 0 aliphatic carbocycles. The second-order valence-corrected chi connectivity index (χ2v) is 9.49. The first kappa shape index (κ1) is 20.7. The minimum atomic E-state index is 0.367. The zero-order valence-corrected chi connectivity index (χ0v) is 19.9. The number of para-hydroxylation sites is 4. The average molecular weight is 446 g/mol. The first-order valence-electron chi connectivity index (χ1n) is 11.9. The summed E-state index contributed by atoms with van der Waals surface area (Å²) in [6, 6.07) is 25.1. The van der Waals surface area contributed by atoms with Crippen LogP contribution in [0.15, 0.2) is 83.4 Å². The van der Waals surface area contributed by atoms with E-state index in [1.165, 1.54) is 16.8 Å². The molecule has 3 aromatic heterocycles. The summed E-state index contributed by atoms with van der Waals surface area (Å²) < 4.78 is 8.70. The van der Waals surface area contributed by atoms with Crippen LogP contribution in [0.3, 0.4) is 0 Å². The maximum Gasteiger partial charge on any atom is 0.164 e. The summed E-state index contributed by atoms with van der Waals surface area (Å²) in [6.07, 6.45) is 1.86. The van der Waals surface area contributed by atoms with Gasteiger partial charge in [0.25, 0.3) is 0 Å². The van der Waals surface area contributed by atoms with E-state index in [0.717, 1.165) is 44.5 Å². The summed E-state index contributed by atoms with van der Waals surface area (Å²) in [5.74, 6) is 1.61. The number of aromatic nitrogens is 3. The van der Waals surface area contributed by atoms with Crippen LogP contribution in [0.5, 0.6) is 0 Å². The summed E-state index contributed by atoms with van der Waals surface area (Å²) >= 11 is 0. The predicted octanol–water partition coefficient (Wildman–Crippen LogP) is 8.23. The van der Waals surface area contributed by atoms with Crippen molar-refractivity contribution in [3.8, 4) is 17.1 Å². The number of pyridine rings is 1. The van der Waals surface area contributed by atoms with Crippen molar-refractivity contribution in [3.63, 3.8) is 0 Å². The van der Waals surface area contributed by atoms with Gasteiger partial charge in [-0.3, -0.25) is 9.55 Å². The predicted molar refractivity (Wildman–Crippen MR) is 140 cm³/mol. The van der Waals surface area contributed by atoms with Crippen LogP contribution in [0.1, 0.15) is 50.7 Å². The average Bonchev–Trinajstić information content (AvgIpc) is 3.42. The lowest BCUT2D eigenvalue weighted by Gasteiger charge is -2.22. The monoisotopic (exact) mass is 445 g/mol. The molecular weight excluding hydrogens is 418 g/mol. The molecule has 34 heavy (non-hydrogen) atoms. The molecule has 6 aromatic rings. The van der Waals surface area contributed by atoms with E-state index in [1.54, 1.807) is 0 Å². The molecule has 0 aliphatic rings. The normalized spacial score (nSPS) is 12.1. The third kappa shape index (κ3) is 3.06. The minimum absolute atomic E-state index is 0.367. The first-order chi connectivity index (χ1) is 16.5. The maximum atomic E-state index is 6.36. The van der Waals surface area contributed by atoms with E-state index in [1.807, 2.05) is 36.5 Å². The van der Waals surface area contributed by atoms with Crippen LogP contribution in [-0.4, -0.2) is 14.5 Å². The molecule has 0 amide bonds. The smallest absolute Gasteiger partial charge is 0.164 e. The number of nitrogens with zero attached hydrogens (tertiary/aromatic N) is 3. The van der Waals surface area contributed by atoms with E-state index < -0.39 is 0 Å². The molecule has 0 N–H and O–H groups in total. The van der Waals surface area contributed by atoms with Gasteiger partial charge in [-0.05, 0) is 53.3 Å². The van der Waals surface area contributed by atoms with E-state index in [4.69, 9.17) is 9.40 Å². The van der Waals surface area contributed by atoms with Gasteiger partial charge in [-0.1, -0.05) is 70.2 Å². The molecule has 0 aliphatic heterocycles. The van der Waals surface area contributed by atoms with Gasteiger partial charge in [0, 0.05) is 11.6 Å². The fraction of sp³-hybridized carbons (Fsp3) is 0.200. The molecule has 0 fully saturated rings. The quantitative estimate of drug-likeness (QED) is 0.274. The number of imidazole rings is 1. The van der Waals surface area contributed by atoms with Crippen LogP contribution < -0.4 is 0 Å². The van der Waals surface area contributed by atoms with Crippen molar-refractivity contribution in [2.45, 2.75) is 39.5 Å². The highest BCUT2D eigenvalue weighted by Crippen LogP contribution is 2.40. The van der Waals surface area contributed by atoms with Gasteiger partial charge in [0.2, 0.25) is 0 Å². The summed E-state index contributed by atoms with van der Waals surface area (Å²) in [6.45, 7) is 9.02. The molecule has 168 valence electrons. The molecular formula is C30H27N3O. The maximum absolute atomic E-state index is 6.36. The SMILES string of the molecule is CC(C)c1cccc(C(C)C)c1-n1c(-c2ccnc3c2oc2ccccc23)nc2ccccc21. The largest absolute Gasteiger partial charge is 0.454 e. The number of hydrogen-bond acceptors (Lipinski definition) is 3. The Morgan fingerprint density at radius 3 is 2.24 bits per heavy atom. The second kappa shape index (κ2) is 7.84. The van der Waals surface area contributed by atoms with Gasteiger partial charge in [0.15, 0.2) is 5.58 Å². The Bertz CT molecular complexity index is 1640. The highest BCUT2D eigenvalue weighted by atomic mass is 16.3. The van der Waals surface area contributed by atoms with Crippen molar-refractivity contribution in [3.05, 3.63) is 90.1 Å². The number of furan rings is 1. The Morgan fingerprint density at radius 2 is 1.47 bits per heavy atom. The minimum Gasteiger partial charge on any atom is -0.454 e. The molecule has 3 aromatic carbocycles. The summed E-state index contributed by atoms with van der Waals surface area (Å²) in [5, 5.41) is 1.02. The lowest BCUT2D eigenvalue weighted by atomic mass is 9.92. The van der Waals surface area contributed by atoms with Crippen LogP contribution in [0.4, 0.5) is 0 Å². The van der Waals surface area contributed by atoms with Gasteiger partial charge in [-0.2, -0.15) is 0 Å². The van der Waals surface area contributed by atoms with Crippen LogP contribution in [0.2, 0.25) is 0 Å². The highest BCUT2D eigenvalue weighted by molar-refractivity contribution is 6.07. The summed E-state index contributed by atoms with van der Waals surface area (Å²) in [4.78, 5) is 9.83. The molecule has 0 unspecified atom stereocenters. The number of hydrogen-bond donors (Lipinski definition) is 0. The third-order valence-corrected chi connectivity index (χ3v) is 6.63. The van der Waals surface area contributed by atoms with Crippen LogP contribution in [-0.2, 0) is 0 Å². The van der Waals surface area contributed by atoms with Crippen molar-refractivity contribution in [2.75, 3.05) is 0 Å². The van der Waals surface area contributed by atoms with Crippen molar-refractivity contribution < 1.29 is 4.42 Å². The van der Waals surface area contributed by atoms with Gasteiger partial charge in [-0.25, -0.2) is 4.98 Å². The van der Waals surface area contributed by atoms with E-state index in [9.17, 15) is 0 Å². The zero-order chi connectivity index (χ0) is 23.4. The highest BCUT2D eigenvalue weighted by Gasteiger charge is 2.24. The molecule has 4 heteroatoms. The van der Waals surface area contributed by atoms with Crippen LogP contribution >= 0.6 is 0 Å². The van der Waals surface area contributed by atoms with Crippen molar-refractivity contribution in [1.29, 1.82) is 0 Å². The Labute approximate surface area is 198 Å². The molecule has 0 bridgehead atoms. The Kier molecular flexibility index (Phi) is 4.77. The Hall–Kier alpha value is -3.92. The van der Waals surface area contributed by atoms with Crippen LogP contribution in [0.25, 0.3) is 50.2 Å². The third-order valence-electron chi connectivity index (χ3n) is 6.63. The van der Waals surface area contributed by atoms with Gasteiger partial charge < -0.3 is 4.42 Å². The van der Waals surface area contributed by atoms with E-state index >= 15 is 0 Å². The molecule has 3 heterocycles. The van der Waals surface area contributed by atoms with Gasteiger partial charge in [0.1, 0.15) is 16.9 Å². The van der Waals surface area contributed by atoms with E-state index in [-0.39, 0.29) is 0 Å². The molecule has 0 saturated carbocycles. The first-order valence-corrected chi connectivity index (χ1v) is 11.9. The van der Waals surface area contributed by atoms with Crippen molar-refractivity contribution >= 4 is 33.1 Å². The number of benzene rings is 3. The molecule has 4 nitrogen and oxygen atoms in total. The lowest BCUT2D eigenvalue weighted by molar-refractivity contribution is 0.668. The van der Waals surface area contributed by atoms with Gasteiger partial charge in [0.05, 0.1) is 22.3 Å². The lowest BCUT2D eigenvalue weighted by Crippen LogP contribution is -2.08. The van der Waals surface area contributed by atoms with Crippen molar-refractivity contribution in [2.24, 2.45) is 0 Å². The van der Waals surface area contributed by atoms with Gasteiger partial charge >= 0.3 is 0 Å². The second-order valence-electron chi connectivity index (χ2n) is 9.49.